The zero-order valence-electron chi connectivity index (χ0n) is 9.32. The molecule has 0 aliphatic rings. The second kappa shape index (κ2) is 4.27. The van der Waals surface area contributed by atoms with Crippen molar-refractivity contribution >= 4 is 22.6 Å². The number of carbonyl (C=O) groups is 1. The fraction of sp³-hybridized carbons (Fsp3) is 0. The molecule has 1 aromatic heterocycles. The topological polar surface area (TPSA) is 114 Å². The molecule has 0 amide bonds. The van der Waals surface area contributed by atoms with Gasteiger partial charge in [0.1, 0.15) is 5.75 Å². The molecule has 7 heteroatoms. The highest BCUT2D eigenvalue weighted by Crippen LogP contribution is 2.33. The fourth-order valence-corrected chi connectivity index (χ4v) is 1.69. The Kier molecular flexibility index (Phi) is 2.77. The number of aromatic nitrogens is 1. The maximum Gasteiger partial charge on any atom is 0.355 e. The molecule has 2 aromatic rings. The summed E-state index contributed by atoms with van der Waals surface area (Å²) in [6.45, 7) is 0. The molecule has 0 saturated carbocycles. The van der Waals surface area contributed by atoms with Gasteiger partial charge in [0.05, 0.1) is 15.9 Å². The summed E-state index contributed by atoms with van der Waals surface area (Å²) in [5.41, 5.74) is -1.53. The number of pyridine rings is 1. The number of aromatic carboxylic acids is 1. The van der Waals surface area contributed by atoms with Crippen LogP contribution in [0.25, 0.3) is 10.9 Å². The van der Waals surface area contributed by atoms with Gasteiger partial charge in [-0.25, -0.2) is 9.78 Å². The van der Waals surface area contributed by atoms with Crippen molar-refractivity contribution in [2.24, 2.45) is 0 Å². The smallest absolute Gasteiger partial charge is 0.355 e. The van der Waals surface area contributed by atoms with Crippen molar-refractivity contribution < 1.29 is 19.9 Å². The Balaban J connectivity index is 3.01. The number of rotatable bonds is 2. The summed E-state index contributed by atoms with van der Waals surface area (Å²) in [7, 11) is 0. The van der Waals surface area contributed by atoms with Crippen molar-refractivity contribution in [3.63, 3.8) is 0 Å². The van der Waals surface area contributed by atoms with E-state index in [1.54, 1.807) is 0 Å². The van der Waals surface area contributed by atoms with E-state index in [4.69, 9.17) is 11.5 Å². The predicted octanol–water partition coefficient (Wildman–Crippen LogP) is 1.53. The van der Waals surface area contributed by atoms with E-state index in [1.807, 2.05) is 5.92 Å². The first-order valence-electron chi connectivity index (χ1n) is 4.97. The van der Waals surface area contributed by atoms with E-state index in [9.17, 15) is 20.0 Å². The second-order valence-corrected chi connectivity index (χ2v) is 3.56. The van der Waals surface area contributed by atoms with Crippen molar-refractivity contribution in [2.75, 3.05) is 0 Å². The van der Waals surface area contributed by atoms with Gasteiger partial charge >= 0.3 is 5.97 Å². The molecule has 1 aromatic carbocycles. The lowest BCUT2D eigenvalue weighted by atomic mass is 10.1. The fourth-order valence-electron chi connectivity index (χ4n) is 1.69. The van der Waals surface area contributed by atoms with Crippen LogP contribution in [0.4, 0.5) is 5.69 Å². The monoisotopic (exact) mass is 258 g/mol. The van der Waals surface area contributed by atoms with Crippen LogP contribution >= 0.6 is 0 Å². The molecule has 2 N–H and O–H groups in total. The van der Waals surface area contributed by atoms with E-state index < -0.39 is 28.0 Å². The summed E-state index contributed by atoms with van der Waals surface area (Å²) in [5, 5.41) is 29.8. The van der Waals surface area contributed by atoms with Gasteiger partial charge in [-0.2, -0.15) is 0 Å². The zero-order valence-corrected chi connectivity index (χ0v) is 9.32. The number of fused-ring (bicyclic) bond motifs is 1. The average molecular weight is 258 g/mol. The van der Waals surface area contributed by atoms with Crippen molar-refractivity contribution in [3.8, 4) is 18.1 Å². The summed E-state index contributed by atoms with van der Waals surface area (Å²) >= 11 is 0. The predicted molar refractivity (Wildman–Crippen MR) is 65.0 cm³/mol. The first-order valence-corrected chi connectivity index (χ1v) is 4.97. The third-order valence-electron chi connectivity index (χ3n) is 2.51. The molecule has 7 nitrogen and oxygen atoms in total. The van der Waals surface area contributed by atoms with E-state index >= 15 is 0 Å². The quantitative estimate of drug-likeness (QED) is 0.479. The molecule has 0 atom stereocenters. The number of para-hydroxylation sites is 1. The highest BCUT2D eigenvalue weighted by Gasteiger charge is 2.22. The van der Waals surface area contributed by atoms with E-state index in [-0.39, 0.29) is 16.5 Å². The van der Waals surface area contributed by atoms with Crippen LogP contribution in [-0.2, 0) is 0 Å². The minimum absolute atomic E-state index is 0.0344. The Labute approximate surface area is 106 Å². The molecule has 0 aliphatic carbocycles. The maximum absolute atomic E-state index is 11.0. The van der Waals surface area contributed by atoms with Crippen LogP contribution in [0.15, 0.2) is 18.2 Å². The molecule has 19 heavy (non-hydrogen) atoms. The maximum atomic E-state index is 11.0. The van der Waals surface area contributed by atoms with Gasteiger partial charge < -0.3 is 10.2 Å². The van der Waals surface area contributed by atoms with Gasteiger partial charge in [0.2, 0.25) is 0 Å². The molecule has 0 saturated heterocycles. The number of benzene rings is 1. The molecule has 0 bridgehead atoms. The third-order valence-corrected chi connectivity index (χ3v) is 2.51. The van der Waals surface area contributed by atoms with Crippen LogP contribution in [-0.4, -0.2) is 26.1 Å². The zero-order chi connectivity index (χ0) is 14.2. The molecule has 2 rings (SSSR count). The highest BCUT2D eigenvalue weighted by atomic mass is 16.6. The van der Waals surface area contributed by atoms with Gasteiger partial charge in [0.15, 0.2) is 11.2 Å². The Hall–Kier alpha value is -3.14. The van der Waals surface area contributed by atoms with Gasteiger partial charge in [-0.3, -0.25) is 10.1 Å². The molecule has 0 spiro atoms. The van der Waals surface area contributed by atoms with Crippen LogP contribution in [0, 0.1) is 22.5 Å². The van der Waals surface area contributed by atoms with Crippen LogP contribution in [0.2, 0.25) is 0 Å². The Morgan fingerprint density at radius 1 is 1.47 bits per heavy atom. The second-order valence-electron chi connectivity index (χ2n) is 3.56. The molecular weight excluding hydrogens is 252 g/mol. The molecule has 0 radical (unpaired) electrons. The number of nitrogens with zero attached hydrogens (tertiary/aromatic N) is 2. The number of non-ortho nitro benzene ring substituents is 1. The number of hydrogen-bond donors (Lipinski definition) is 2. The summed E-state index contributed by atoms with van der Waals surface area (Å²) in [5.74, 6) is 0.0477. The molecule has 0 fully saturated rings. The number of carboxylic acids is 1. The summed E-state index contributed by atoms with van der Waals surface area (Å²) in [6, 6.07) is 3.88. The third kappa shape index (κ3) is 1.81. The van der Waals surface area contributed by atoms with Gasteiger partial charge in [-0.1, -0.05) is 12.0 Å². The van der Waals surface area contributed by atoms with E-state index in [1.165, 1.54) is 12.1 Å². The minimum atomic E-state index is -1.47. The molecule has 94 valence electrons. The van der Waals surface area contributed by atoms with Crippen LogP contribution in [0.1, 0.15) is 16.1 Å². The van der Waals surface area contributed by atoms with Crippen molar-refractivity contribution in [1.29, 1.82) is 0 Å². The normalized spacial score (nSPS) is 10.1. The molecule has 0 aliphatic heterocycles. The molecular formula is C12H6N2O5. The Bertz CT molecular complexity index is 761. The summed E-state index contributed by atoms with van der Waals surface area (Å²) < 4.78 is 0. The molecule has 1 heterocycles. The van der Waals surface area contributed by atoms with Crippen LogP contribution in [0.3, 0.4) is 0 Å². The number of nitro groups is 1. The Morgan fingerprint density at radius 3 is 2.68 bits per heavy atom. The van der Waals surface area contributed by atoms with Crippen molar-refractivity contribution in [1.82, 2.24) is 4.98 Å². The van der Waals surface area contributed by atoms with E-state index in [0.717, 1.165) is 6.07 Å². The van der Waals surface area contributed by atoms with E-state index in [2.05, 4.69) is 4.98 Å². The Morgan fingerprint density at radius 2 is 2.16 bits per heavy atom. The lowest BCUT2D eigenvalue weighted by molar-refractivity contribution is -0.383. The average Bonchev–Trinajstić information content (AvgIpc) is 2.37. The van der Waals surface area contributed by atoms with E-state index in [0.29, 0.717) is 0 Å². The van der Waals surface area contributed by atoms with Crippen molar-refractivity contribution in [2.45, 2.75) is 0 Å². The summed E-state index contributed by atoms with van der Waals surface area (Å²) in [6.07, 6.45) is 5.13. The van der Waals surface area contributed by atoms with Gasteiger partial charge in [-0.15, -0.1) is 6.42 Å². The van der Waals surface area contributed by atoms with Gasteiger partial charge in [0.25, 0.3) is 5.69 Å². The number of aromatic hydroxyl groups is 1. The first kappa shape index (κ1) is 12.3. The number of nitro benzene ring substituents is 1. The van der Waals surface area contributed by atoms with Gasteiger partial charge in [0, 0.05) is 6.07 Å². The lowest BCUT2D eigenvalue weighted by Crippen LogP contribution is -2.05. The number of carboxylic acid groups (broad SMARTS) is 1. The van der Waals surface area contributed by atoms with Crippen molar-refractivity contribution in [3.05, 3.63) is 39.6 Å². The number of hydrogen-bond acceptors (Lipinski definition) is 5. The minimum Gasteiger partial charge on any atom is -0.506 e. The standard InChI is InChI=1S/C12H6N2O5/c1-2-6-10(12(16)17)13-9-7(11(6)15)4-3-5-8(9)14(18)19/h1,3-5H,(H,13,15)(H,16,17). The number of terminal acetylenes is 1. The summed E-state index contributed by atoms with van der Waals surface area (Å²) in [4.78, 5) is 24.8. The highest BCUT2D eigenvalue weighted by molar-refractivity contribution is 5.99. The largest absolute Gasteiger partial charge is 0.506 e. The van der Waals surface area contributed by atoms with Gasteiger partial charge in [-0.05, 0) is 6.07 Å². The first-order chi connectivity index (χ1) is 8.97. The van der Waals surface area contributed by atoms with Crippen LogP contribution in [0.5, 0.6) is 5.75 Å². The lowest BCUT2D eigenvalue weighted by Gasteiger charge is -2.06. The molecule has 0 unspecified atom stereocenters. The SMILES string of the molecule is C#Cc1c(C(=O)O)nc2c([N+](=O)[O-])cccc2c1O. The van der Waals surface area contributed by atoms with Crippen LogP contribution < -0.4 is 0 Å².